The Morgan fingerprint density at radius 1 is 1.09 bits per heavy atom. The molecule has 1 saturated heterocycles. The van der Waals surface area contributed by atoms with Gasteiger partial charge in [-0.2, -0.15) is 4.98 Å². The summed E-state index contributed by atoms with van der Waals surface area (Å²) in [6.07, 6.45) is 1.25. The number of nitrogens with two attached hydrogens (primary N) is 1. The first-order chi connectivity index (χ1) is 16.9. The molecular formula is C25H27F2N7O. The van der Waals surface area contributed by atoms with Crippen LogP contribution in [0.5, 0.6) is 11.6 Å². The predicted octanol–water partition coefficient (Wildman–Crippen LogP) is 4.80. The van der Waals surface area contributed by atoms with Crippen molar-refractivity contribution in [2.75, 3.05) is 48.7 Å². The van der Waals surface area contributed by atoms with Crippen LogP contribution in [0.3, 0.4) is 0 Å². The van der Waals surface area contributed by atoms with Crippen molar-refractivity contribution in [3.8, 4) is 11.6 Å². The van der Waals surface area contributed by atoms with E-state index in [2.05, 4.69) is 37.0 Å². The number of halogens is 2. The molecule has 0 atom stereocenters. The number of rotatable bonds is 6. The van der Waals surface area contributed by atoms with Crippen molar-refractivity contribution in [1.29, 1.82) is 0 Å². The van der Waals surface area contributed by atoms with E-state index < -0.39 is 11.6 Å². The molecule has 182 valence electrons. The van der Waals surface area contributed by atoms with Gasteiger partial charge in [-0.3, -0.25) is 0 Å². The Morgan fingerprint density at radius 3 is 2.54 bits per heavy atom. The van der Waals surface area contributed by atoms with Gasteiger partial charge >= 0.3 is 0 Å². The number of nitrogens with zero attached hydrogens (tertiary/aromatic N) is 4. The number of aromatic amines is 1. The minimum absolute atomic E-state index is 0.0715. The number of likely N-dealkylation sites (N-methyl/N-ethyl adjacent to an activating group) is 1. The summed E-state index contributed by atoms with van der Waals surface area (Å²) in [6, 6.07) is 10.5. The number of hydrogen-bond donors (Lipinski definition) is 3. The molecule has 0 unspecified atom stereocenters. The highest BCUT2D eigenvalue weighted by Crippen LogP contribution is 2.36. The molecule has 35 heavy (non-hydrogen) atoms. The summed E-state index contributed by atoms with van der Waals surface area (Å²) in [6.45, 7) is 9.07. The Hall–Kier alpha value is -3.92. The second-order valence-corrected chi connectivity index (χ2v) is 8.55. The van der Waals surface area contributed by atoms with Crippen molar-refractivity contribution in [3.63, 3.8) is 0 Å². The Balaban J connectivity index is 1.33. The lowest BCUT2D eigenvalue weighted by Crippen LogP contribution is -2.46. The van der Waals surface area contributed by atoms with E-state index in [1.807, 2.05) is 24.3 Å². The molecule has 3 heterocycles. The first-order valence-electron chi connectivity index (χ1n) is 11.5. The average Bonchev–Trinajstić information content (AvgIpc) is 3.28. The molecule has 4 N–H and O–H groups in total. The average molecular weight is 480 g/mol. The monoisotopic (exact) mass is 479 g/mol. The van der Waals surface area contributed by atoms with Crippen LogP contribution in [0.4, 0.5) is 31.7 Å². The molecule has 2 aromatic carbocycles. The maximum absolute atomic E-state index is 14.9. The van der Waals surface area contributed by atoms with Crippen molar-refractivity contribution < 1.29 is 13.5 Å². The second-order valence-electron chi connectivity index (χ2n) is 8.55. The fraction of sp³-hybridized carbons (Fsp3) is 0.280. The lowest BCUT2D eigenvalue weighted by atomic mass is 10.2. The van der Waals surface area contributed by atoms with Crippen LogP contribution in [0, 0.1) is 18.6 Å². The van der Waals surface area contributed by atoms with Crippen LogP contribution in [0.2, 0.25) is 0 Å². The van der Waals surface area contributed by atoms with Gasteiger partial charge in [0.15, 0.2) is 23.2 Å². The molecule has 0 aliphatic carbocycles. The number of anilines is 4. The van der Waals surface area contributed by atoms with Gasteiger partial charge in [-0.25, -0.2) is 13.8 Å². The van der Waals surface area contributed by atoms with Crippen LogP contribution in [0.25, 0.3) is 10.9 Å². The molecular weight excluding hydrogens is 452 g/mol. The molecule has 0 radical (unpaired) electrons. The number of benzene rings is 2. The van der Waals surface area contributed by atoms with E-state index in [1.54, 1.807) is 6.92 Å². The lowest BCUT2D eigenvalue weighted by molar-refractivity contribution is 0.271. The third-order valence-electron chi connectivity index (χ3n) is 6.27. The van der Waals surface area contributed by atoms with Gasteiger partial charge in [0.1, 0.15) is 12.0 Å². The minimum atomic E-state index is -0.700. The van der Waals surface area contributed by atoms with Gasteiger partial charge in [-0.05, 0) is 43.8 Å². The third kappa shape index (κ3) is 4.57. The number of aromatic nitrogens is 3. The molecule has 4 aromatic rings. The fourth-order valence-corrected chi connectivity index (χ4v) is 4.29. The fourth-order valence-electron chi connectivity index (χ4n) is 4.29. The van der Waals surface area contributed by atoms with E-state index in [0.717, 1.165) is 50.2 Å². The van der Waals surface area contributed by atoms with Crippen molar-refractivity contribution in [2.24, 2.45) is 0 Å². The topological polar surface area (TPSA) is 95.3 Å². The molecule has 0 spiro atoms. The standard InChI is InChI=1S/C25H27F2N7O/c1-3-33-8-10-34(11-9-33)17-6-4-16(5-7-17)32-24-22(28)25(30-14-29-24)35-20-13-19(26)23-18(21(20)27)12-15(2)31-23/h4-7,12-14,31H,3,8-11,28H2,1-2H3,(H,29,30,32). The summed E-state index contributed by atoms with van der Waals surface area (Å²) in [5, 5.41) is 3.24. The molecule has 0 bridgehead atoms. The Kier molecular flexibility index (Phi) is 6.12. The van der Waals surface area contributed by atoms with Crippen molar-refractivity contribution >= 4 is 33.8 Å². The largest absolute Gasteiger partial charge is 0.434 e. The van der Waals surface area contributed by atoms with E-state index in [0.29, 0.717) is 11.5 Å². The van der Waals surface area contributed by atoms with E-state index in [4.69, 9.17) is 10.5 Å². The zero-order chi connectivity index (χ0) is 24.5. The van der Waals surface area contributed by atoms with Crippen molar-refractivity contribution in [1.82, 2.24) is 19.9 Å². The third-order valence-corrected chi connectivity index (χ3v) is 6.27. The van der Waals surface area contributed by atoms with Crippen LogP contribution in [-0.4, -0.2) is 52.6 Å². The summed E-state index contributed by atoms with van der Waals surface area (Å²) in [7, 11) is 0. The highest BCUT2D eigenvalue weighted by molar-refractivity contribution is 5.83. The van der Waals surface area contributed by atoms with Crippen LogP contribution in [-0.2, 0) is 0 Å². The number of aryl methyl sites for hydroxylation is 1. The number of nitrogens with one attached hydrogen (secondary N) is 2. The normalized spacial score (nSPS) is 14.5. The molecule has 1 aliphatic rings. The number of H-pyrrole nitrogens is 1. The molecule has 0 amide bonds. The van der Waals surface area contributed by atoms with Gasteiger partial charge in [0.25, 0.3) is 0 Å². The summed E-state index contributed by atoms with van der Waals surface area (Å²) in [5.74, 6) is -1.41. The second kappa shape index (κ2) is 9.38. The van der Waals surface area contributed by atoms with E-state index in [9.17, 15) is 8.78 Å². The molecule has 0 saturated carbocycles. The molecule has 1 fully saturated rings. The number of ether oxygens (including phenoxy) is 1. The SMILES string of the molecule is CCN1CCN(c2ccc(Nc3ncnc(Oc4cc(F)c5[nH]c(C)cc5c4F)c3N)cc2)CC1. The van der Waals surface area contributed by atoms with Gasteiger partial charge in [0.2, 0.25) is 5.88 Å². The van der Waals surface area contributed by atoms with E-state index >= 15 is 0 Å². The van der Waals surface area contributed by atoms with Gasteiger partial charge in [-0.1, -0.05) is 6.92 Å². The summed E-state index contributed by atoms with van der Waals surface area (Å²) >= 11 is 0. The first kappa shape index (κ1) is 22.9. The summed E-state index contributed by atoms with van der Waals surface area (Å²) < 4.78 is 35.0. The maximum Gasteiger partial charge on any atom is 0.248 e. The Labute approximate surface area is 201 Å². The van der Waals surface area contributed by atoms with Gasteiger partial charge < -0.3 is 30.6 Å². The molecule has 1 aliphatic heterocycles. The number of nitrogen functional groups attached to an aromatic ring is 1. The maximum atomic E-state index is 14.9. The van der Waals surface area contributed by atoms with Crippen LogP contribution in [0.15, 0.2) is 42.7 Å². The molecule has 5 rings (SSSR count). The summed E-state index contributed by atoms with van der Waals surface area (Å²) in [5.41, 5.74) is 8.94. The minimum Gasteiger partial charge on any atom is -0.434 e. The Morgan fingerprint density at radius 2 is 1.83 bits per heavy atom. The molecule has 2 aromatic heterocycles. The highest BCUT2D eigenvalue weighted by atomic mass is 19.1. The molecule has 10 heteroatoms. The first-order valence-corrected chi connectivity index (χ1v) is 11.5. The van der Waals surface area contributed by atoms with Crippen molar-refractivity contribution in [2.45, 2.75) is 13.8 Å². The molecule has 8 nitrogen and oxygen atoms in total. The van der Waals surface area contributed by atoms with Crippen LogP contribution >= 0.6 is 0 Å². The number of hydrogen-bond acceptors (Lipinski definition) is 7. The number of piperazine rings is 1. The lowest BCUT2D eigenvalue weighted by Gasteiger charge is -2.35. The Bertz CT molecular complexity index is 1350. The smallest absolute Gasteiger partial charge is 0.248 e. The quantitative estimate of drug-likeness (QED) is 0.365. The van der Waals surface area contributed by atoms with Crippen LogP contribution < -0.4 is 20.7 Å². The van der Waals surface area contributed by atoms with E-state index in [-0.39, 0.29) is 28.2 Å². The van der Waals surface area contributed by atoms with Gasteiger partial charge in [0, 0.05) is 54.7 Å². The zero-order valence-corrected chi connectivity index (χ0v) is 19.6. The zero-order valence-electron chi connectivity index (χ0n) is 19.6. The van der Waals surface area contributed by atoms with Crippen LogP contribution in [0.1, 0.15) is 12.6 Å². The van der Waals surface area contributed by atoms with E-state index in [1.165, 1.54) is 12.4 Å². The van der Waals surface area contributed by atoms with Crippen molar-refractivity contribution in [3.05, 3.63) is 60.1 Å². The summed E-state index contributed by atoms with van der Waals surface area (Å²) in [4.78, 5) is 15.8. The van der Waals surface area contributed by atoms with Gasteiger partial charge in [0.05, 0.1) is 5.52 Å². The van der Waals surface area contributed by atoms with Gasteiger partial charge in [-0.15, -0.1) is 0 Å². The predicted molar refractivity (Wildman–Crippen MR) is 134 cm³/mol. The number of fused-ring (bicyclic) bond motifs is 1. The highest BCUT2D eigenvalue weighted by Gasteiger charge is 2.19.